The Balaban J connectivity index is 1.45. The molecule has 0 unspecified atom stereocenters. The minimum absolute atomic E-state index is 0.103. The highest BCUT2D eigenvalue weighted by molar-refractivity contribution is 7.12. The Bertz CT molecular complexity index is 1020. The minimum atomic E-state index is 0.103. The first-order valence-corrected chi connectivity index (χ1v) is 11.0. The molecule has 4 rings (SSSR count). The van der Waals surface area contributed by atoms with Crippen LogP contribution in [0.4, 0.5) is 5.69 Å². The highest BCUT2D eigenvalue weighted by Gasteiger charge is 2.28. The summed E-state index contributed by atoms with van der Waals surface area (Å²) < 4.78 is 5.58. The van der Waals surface area contributed by atoms with E-state index in [-0.39, 0.29) is 17.9 Å². The third-order valence-electron chi connectivity index (χ3n) is 5.22. The lowest BCUT2D eigenvalue weighted by Gasteiger charge is -2.30. The van der Waals surface area contributed by atoms with Gasteiger partial charge in [0.05, 0.1) is 4.88 Å². The van der Waals surface area contributed by atoms with Crippen molar-refractivity contribution >= 4 is 29.1 Å². The van der Waals surface area contributed by atoms with Crippen LogP contribution >= 0.6 is 11.3 Å². The largest absolute Gasteiger partial charge is 0.382 e. The molecule has 2 aromatic heterocycles. The molecule has 30 heavy (non-hydrogen) atoms. The second-order valence-corrected chi connectivity index (χ2v) is 8.69. The lowest BCUT2D eigenvalue weighted by Crippen LogP contribution is -2.37. The van der Waals surface area contributed by atoms with Crippen molar-refractivity contribution in [2.45, 2.75) is 38.6 Å². The number of anilines is 1. The number of benzene rings is 1. The SMILES string of the molecule is CC(C)Nc1cc(-c2noc(C3CCN(C(=O)c4cccs4)CC3)n2)ccc1C=N. The summed E-state index contributed by atoms with van der Waals surface area (Å²) in [5, 5.41) is 17.1. The summed E-state index contributed by atoms with van der Waals surface area (Å²) in [6.45, 7) is 5.50. The molecule has 1 aliphatic heterocycles. The van der Waals surface area contributed by atoms with Crippen LogP contribution in [0.2, 0.25) is 0 Å². The Labute approximate surface area is 179 Å². The van der Waals surface area contributed by atoms with Crippen molar-refractivity contribution in [1.82, 2.24) is 15.0 Å². The van der Waals surface area contributed by atoms with Crippen LogP contribution in [0.1, 0.15) is 53.7 Å². The first-order valence-electron chi connectivity index (χ1n) is 10.1. The van der Waals surface area contributed by atoms with Crippen molar-refractivity contribution in [2.75, 3.05) is 18.4 Å². The molecule has 7 nitrogen and oxygen atoms in total. The summed E-state index contributed by atoms with van der Waals surface area (Å²) in [6, 6.07) is 9.77. The van der Waals surface area contributed by atoms with Gasteiger partial charge >= 0.3 is 0 Å². The molecule has 0 spiro atoms. The Morgan fingerprint density at radius 2 is 2.13 bits per heavy atom. The fourth-order valence-corrected chi connectivity index (χ4v) is 4.35. The predicted octanol–water partition coefficient (Wildman–Crippen LogP) is 4.64. The molecule has 1 fully saturated rings. The summed E-state index contributed by atoms with van der Waals surface area (Å²) >= 11 is 1.48. The molecule has 1 saturated heterocycles. The van der Waals surface area contributed by atoms with Crippen LogP contribution in [0.3, 0.4) is 0 Å². The molecule has 3 heterocycles. The maximum Gasteiger partial charge on any atom is 0.263 e. The Kier molecular flexibility index (Phi) is 5.94. The molecule has 0 radical (unpaired) electrons. The number of nitrogens with one attached hydrogen (secondary N) is 2. The number of carbonyl (C=O) groups is 1. The average Bonchev–Trinajstić information content (AvgIpc) is 3.45. The summed E-state index contributed by atoms with van der Waals surface area (Å²) in [7, 11) is 0. The number of aromatic nitrogens is 2. The zero-order valence-electron chi connectivity index (χ0n) is 17.1. The fraction of sp³-hybridized carbons (Fsp3) is 0.364. The number of carbonyl (C=O) groups excluding carboxylic acids is 1. The molecule has 2 N–H and O–H groups in total. The van der Waals surface area contributed by atoms with E-state index in [2.05, 4.69) is 29.3 Å². The molecular formula is C22H25N5O2S. The second-order valence-electron chi connectivity index (χ2n) is 7.75. The van der Waals surface area contributed by atoms with E-state index in [1.165, 1.54) is 17.6 Å². The smallest absolute Gasteiger partial charge is 0.263 e. The first-order chi connectivity index (χ1) is 14.5. The van der Waals surface area contributed by atoms with Gasteiger partial charge in [0.1, 0.15) is 0 Å². The number of thiophene rings is 1. The maximum atomic E-state index is 12.5. The zero-order chi connectivity index (χ0) is 21.1. The van der Waals surface area contributed by atoms with E-state index in [4.69, 9.17) is 9.93 Å². The van der Waals surface area contributed by atoms with Crippen molar-refractivity contribution in [1.29, 1.82) is 5.41 Å². The van der Waals surface area contributed by atoms with E-state index >= 15 is 0 Å². The summed E-state index contributed by atoms with van der Waals surface area (Å²) in [5.74, 6) is 1.44. The molecule has 0 bridgehead atoms. The monoisotopic (exact) mass is 423 g/mol. The third-order valence-corrected chi connectivity index (χ3v) is 6.07. The Hall–Kier alpha value is -3.00. The Morgan fingerprint density at radius 3 is 2.80 bits per heavy atom. The van der Waals surface area contributed by atoms with Gasteiger partial charge in [-0.3, -0.25) is 4.79 Å². The van der Waals surface area contributed by atoms with Gasteiger partial charge in [0.2, 0.25) is 11.7 Å². The van der Waals surface area contributed by atoms with E-state index in [9.17, 15) is 4.79 Å². The first kappa shape index (κ1) is 20.3. The van der Waals surface area contributed by atoms with E-state index in [1.807, 2.05) is 40.6 Å². The van der Waals surface area contributed by atoms with Crippen LogP contribution in [0, 0.1) is 5.41 Å². The van der Waals surface area contributed by atoms with Gasteiger partial charge in [-0.2, -0.15) is 4.98 Å². The van der Waals surface area contributed by atoms with Gasteiger partial charge in [-0.25, -0.2) is 0 Å². The van der Waals surface area contributed by atoms with Crippen molar-refractivity contribution in [2.24, 2.45) is 0 Å². The highest BCUT2D eigenvalue weighted by atomic mass is 32.1. The molecule has 0 atom stereocenters. The van der Waals surface area contributed by atoms with E-state index in [1.54, 1.807) is 0 Å². The molecule has 3 aromatic rings. The molecule has 1 aromatic carbocycles. The number of amides is 1. The molecule has 1 amide bonds. The standard InChI is InChI=1S/C22H25N5O2S/c1-14(2)24-18-12-16(5-6-17(18)13-23)20-25-21(29-26-20)15-7-9-27(10-8-15)22(28)19-4-3-11-30-19/h3-6,11-15,23-24H,7-10H2,1-2H3. The van der Waals surface area contributed by atoms with Gasteiger partial charge in [-0.1, -0.05) is 23.4 Å². The fourth-order valence-electron chi connectivity index (χ4n) is 3.66. The molecule has 8 heteroatoms. The van der Waals surface area contributed by atoms with Crippen LogP contribution in [0.5, 0.6) is 0 Å². The number of hydrogen-bond acceptors (Lipinski definition) is 7. The van der Waals surface area contributed by atoms with Gasteiger partial charge in [0.15, 0.2) is 0 Å². The predicted molar refractivity (Wildman–Crippen MR) is 119 cm³/mol. The molecule has 1 aliphatic rings. The normalized spacial score (nSPS) is 14.8. The van der Waals surface area contributed by atoms with Crippen LogP contribution in [-0.2, 0) is 0 Å². The molecule has 0 saturated carbocycles. The number of hydrogen-bond donors (Lipinski definition) is 2. The van der Waals surface area contributed by atoms with Crippen molar-refractivity contribution in [3.8, 4) is 11.4 Å². The lowest BCUT2D eigenvalue weighted by molar-refractivity contribution is 0.0709. The van der Waals surface area contributed by atoms with Crippen LogP contribution in [-0.4, -0.2) is 46.3 Å². The number of nitrogens with zero attached hydrogens (tertiary/aromatic N) is 3. The van der Waals surface area contributed by atoms with Crippen molar-refractivity contribution in [3.05, 3.63) is 52.0 Å². The van der Waals surface area contributed by atoms with Crippen molar-refractivity contribution in [3.63, 3.8) is 0 Å². The average molecular weight is 424 g/mol. The third kappa shape index (κ3) is 4.28. The summed E-state index contributed by atoms with van der Waals surface area (Å²) in [5.41, 5.74) is 2.55. The summed E-state index contributed by atoms with van der Waals surface area (Å²) in [4.78, 5) is 19.8. The molecule has 0 aliphatic carbocycles. The number of likely N-dealkylation sites (tertiary alicyclic amines) is 1. The maximum absolute atomic E-state index is 12.5. The van der Waals surface area contributed by atoms with Gasteiger partial charge < -0.3 is 20.1 Å². The van der Waals surface area contributed by atoms with Gasteiger partial charge in [-0.15, -0.1) is 11.3 Å². The van der Waals surface area contributed by atoms with Crippen LogP contribution in [0.15, 0.2) is 40.2 Å². The van der Waals surface area contributed by atoms with Gasteiger partial charge in [0.25, 0.3) is 5.91 Å². The highest BCUT2D eigenvalue weighted by Crippen LogP contribution is 2.30. The van der Waals surface area contributed by atoms with Crippen LogP contribution < -0.4 is 5.32 Å². The van der Waals surface area contributed by atoms with Gasteiger partial charge in [-0.05, 0) is 44.2 Å². The topological polar surface area (TPSA) is 95.1 Å². The molecular weight excluding hydrogens is 398 g/mol. The second kappa shape index (κ2) is 8.79. The number of rotatable bonds is 6. The molecule has 156 valence electrons. The Morgan fingerprint density at radius 1 is 1.33 bits per heavy atom. The lowest BCUT2D eigenvalue weighted by atomic mass is 9.96. The van der Waals surface area contributed by atoms with Crippen LogP contribution in [0.25, 0.3) is 11.4 Å². The quantitative estimate of drug-likeness (QED) is 0.563. The van der Waals surface area contributed by atoms with E-state index < -0.39 is 0 Å². The summed E-state index contributed by atoms with van der Waals surface area (Å²) in [6.07, 6.45) is 2.96. The minimum Gasteiger partial charge on any atom is -0.382 e. The van der Waals surface area contributed by atoms with E-state index in [0.717, 1.165) is 34.5 Å². The van der Waals surface area contributed by atoms with E-state index in [0.29, 0.717) is 24.8 Å². The van der Waals surface area contributed by atoms with Crippen molar-refractivity contribution < 1.29 is 9.32 Å². The zero-order valence-corrected chi connectivity index (χ0v) is 17.9. The van der Waals surface area contributed by atoms with Gasteiger partial charge in [0, 0.05) is 48.1 Å². The number of piperidine rings is 1.